The average Bonchev–Trinajstić information content (AvgIpc) is 2.77. The van der Waals surface area contributed by atoms with Crippen molar-refractivity contribution < 1.29 is 14.7 Å². The van der Waals surface area contributed by atoms with Crippen LogP contribution in [0.2, 0.25) is 0 Å². The van der Waals surface area contributed by atoms with Crippen LogP contribution >= 0.6 is 0 Å². The first-order valence-corrected chi connectivity index (χ1v) is 6.88. The second-order valence-electron chi connectivity index (χ2n) is 5.59. The Hall–Kier alpha value is -1.52. The number of hydrogen-bond donors (Lipinski definition) is 3. The number of urea groups is 1. The average molecular weight is 268 g/mol. The summed E-state index contributed by atoms with van der Waals surface area (Å²) in [6, 6.07) is -0.0177. The number of aliphatic carboxylic acids is 1. The molecular formula is C14H24N2O3. The Kier molecular flexibility index (Phi) is 6.39. The van der Waals surface area contributed by atoms with Gasteiger partial charge in [0.05, 0.1) is 0 Å². The Morgan fingerprint density at radius 2 is 1.95 bits per heavy atom. The lowest BCUT2D eigenvalue weighted by Crippen LogP contribution is -2.43. The zero-order valence-electron chi connectivity index (χ0n) is 11.7. The lowest BCUT2D eigenvalue weighted by Gasteiger charge is -2.19. The van der Waals surface area contributed by atoms with E-state index in [0.29, 0.717) is 12.5 Å². The third kappa shape index (κ3) is 6.84. The van der Waals surface area contributed by atoms with Gasteiger partial charge in [0.15, 0.2) is 0 Å². The number of carbonyl (C=O) groups excluding carboxylic acids is 1. The maximum Gasteiger partial charge on any atom is 0.315 e. The van der Waals surface area contributed by atoms with Gasteiger partial charge in [-0.15, -0.1) is 0 Å². The van der Waals surface area contributed by atoms with E-state index in [1.165, 1.54) is 0 Å². The molecule has 1 aliphatic carbocycles. The molecule has 0 spiro atoms. The van der Waals surface area contributed by atoms with E-state index < -0.39 is 5.97 Å². The fraction of sp³-hybridized carbons (Fsp3) is 0.714. The first-order chi connectivity index (χ1) is 8.97. The van der Waals surface area contributed by atoms with Crippen LogP contribution in [0.15, 0.2) is 12.2 Å². The van der Waals surface area contributed by atoms with Gasteiger partial charge < -0.3 is 15.7 Å². The summed E-state index contributed by atoms with van der Waals surface area (Å²) in [5.41, 5.74) is 0. The van der Waals surface area contributed by atoms with Gasteiger partial charge in [0, 0.05) is 19.0 Å². The monoisotopic (exact) mass is 268 g/mol. The molecule has 1 atom stereocenters. The summed E-state index contributed by atoms with van der Waals surface area (Å²) < 4.78 is 0. The second kappa shape index (κ2) is 7.81. The van der Waals surface area contributed by atoms with E-state index in [1.807, 2.05) is 0 Å². The Bertz CT molecular complexity index is 332. The van der Waals surface area contributed by atoms with Gasteiger partial charge in [-0.2, -0.15) is 0 Å². The normalized spacial score (nSPS) is 16.6. The van der Waals surface area contributed by atoms with Crippen molar-refractivity contribution in [3.63, 3.8) is 0 Å². The predicted octanol–water partition coefficient (Wildman–Crippen LogP) is 2.14. The molecule has 1 aliphatic rings. The largest absolute Gasteiger partial charge is 0.481 e. The van der Waals surface area contributed by atoms with E-state index in [-0.39, 0.29) is 24.4 Å². The quantitative estimate of drug-likeness (QED) is 0.619. The number of amides is 2. The molecule has 2 amide bonds. The number of carbonyl (C=O) groups is 2. The van der Waals surface area contributed by atoms with Gasteiger partial charge in [-0.1, -0.05) is 26.0 Å². The van der Waals surface area contributed by atoms with E-state index in [2.05, 4.69) is 36.6 Å². The van der Waals surface area contributed by atoms with Crippen LogP contribution in [0.1, 0.15) is 39.5 Å². The van der Waals surface area contributed by atoms with Crippen LogP contribution in [0, 0.1) is 11.8 Å². The fourth-order valence-electron chi connectivity index (χ4n) is 2.36. The molecule has 0 saturated carbocycles. The number of rotatable bonds is 7. The second-order valence-corrected chi connectivity index (χ2v) is 5.59. The minimum Gasteiger partial charge on any atom is -0.481 e. The molecule has 108 valence electrons. The van der Waals surface area contributed by atoms with Crippen LogP contribution in [0.25, 0.3) is 0 Å². The third-order valence-electron chi connectivity index (χ3n) is 3.16. The van der Waals surface area contributed by atoms with Crippen molar-refractivity contribution in [1.82, 2.24) is 10.6 Å². The first-order valence-electron chi connectivity index (χ1n) is 6.88. The molecule has 0 fully saturated rings. The molecular weight excluding hydrogens is 244 g/mol. The topological polar surface area (TPSA) is 78.4 Å². The van der Waals surface area contributed by atoms with Gasteiger partial charge in [0.2, 0.25) is 0 Å². The van der Waals surface area contributed by atoms with Crippen molar-refractivity contribution >= 4 is 12.0 Å². The third-order valence-corrected chi connectivity index (χ3v) is 3.16. The van der Waals surface area contributed by atoms with E-state index in [0.717, 1.165) is 19.3 Å². The van der Waals surface area contributed by atoms with Crippen molar-refractivity contribution in [3.8, 4) is 0 Å². The van der Waals surface area contributed by atoms with Crippen LogP contribution < -0.4 is 10.6 Å². The molecule has 0 aromatic rings. The van der Waals surface area contributed by atoms with E-state index >= 15 is 0 Å². The van der Waals surface area contributed by atoms with Crippen molar-refractivity contribution in [2.24, 2.45) is 11.8 Å². The summed E-state index contributed by atoms with van der Waals surface area (Å²) in [4.78, 5) is 22.5. The van der Waals surface area contributed by atoms with E-state index in [9.17, 15) is 9.59 Å². The lowest BCUT2D eigenvalue weighted by molar-refractivity contribution is -0.138. The highest BCUT2D eigenvalue weighted by atomic mass is 16.4. The molecule has 0 heterocycles. The van der Waals surface area contributed by atoms with Gasteiger partial charge in [-0.05, 0) is 31.1 Å². The number of hydrogen-bond acceptors (Lipinski definition) is 2. The van der Waals surface area contributed by atoms with Crippen molar-refractivity contribution in [2.45, 2.75) is 45.6 Å². The van der Waals surface area contributed by atoms with Crippen LogP contribution in [-0.4, -0.2) is 29.7 Å². The van der Waals surface area contributed by atoms with Crippen LogP contribution in [0.5, 0.6) is 0 Å². The Balaban J connectivity index is 2.28. The molecule has 1 unspecified atom stereocenters. The van der Waals surface area contributed by atoms with Gasteiger partial charge >= 0.3 is 12.0 Å². The van der Waals surface area contributed by atoms with Crippen LogP contribution in [0.3, 0.4) is 0 Å². The molecule has 3 N–H and O–H groups in total. The zero-order chi connectivity index (χ0) is 14.3. The summed E-state index contributed by atoms with van der Waals surface area (Å²) in [5, 5.41) is 14.5. The molecule has 0 saturated heterocycles. The van der Waals surface area contributed by atoms with Gasteiger partial charge in [-0.3, -0.25) is 4.79 Å². The van der Waals surface area contributed by atoms with Gasteiger partial charge in [-0.25, -0.2) is 4.79 Å². The molecule has 0 aromatic heterocycles. The van der Waals surface area contributed by atoms with Gasteiger partial charge in [0.1, 0.15) is 0 Å². The van der Waals surface area contributed by atoms with E-state index in [4.69, 9.17) is 5.11 Å². The molecule has 0 aliphatic heterocycles. The van der Waals surface area contributed by atoms with Crippen molar-refractivity contribution in [3.05, 3.63) is 12.2 Å². The molecule has 1 rings (SSSR count). The SMILES string of the molecule is CC(C)CC(CNC(=O)NC1CC=CC1)CC(=O)O. The summed E-state index contributed by atoms with van der Waals surface area (Å²) in [6.45, 7) is 4.52. The minimum atomic E-state index is -0.812. The molecule has 5 nitrogen and oxygen atoms in total. The molecule has 0 radical (unpaired) electrons. The highest BCUT2D eigenvalue weighted by molar-refractivity contribution is 5.74. The summed E-state index contributed by atoms with van der Waals surface area (Å²) >= 11 is 0. The Labute approximate surface area is 114 Å². The van der Waals surface area contributed by atoms with Gasteiger partial charge in [0.25, 0.3) is 0 Å². The summed E-state index contributed by atoms with van der Waals surface area (Å²) in [7, 11) is 0. The molecule has 19 heavy (non-hydrogen) atoms. The fourth-order valence-corrected chi connectivity index (χ4v) is 2.36. The maximum atomic E-state index is 11.7. The van der Waals surface area contributed by atoms with Crippen molar-refractivity contribution in [2.75, 3.05) is 6.54 Å². The zero-order valence-corrected chi connectivity index (χ0v) is 11.7. The Morgan fingerprint density at radius 3 is 2.47 bits per heavy atom. The number of carboxylic acids is 1. The maximum absolute atomic E-state index is 11.7. The first kappa shape index (κ1) is 15.5. The standard InChI is InChI=1S/C14H24N2O3/c1-10(2)7-11(8-13(17)18)9-15-14(19)16-12-5-3-4-6-12/h3-4,10-12H,5-9H2,1-2H3,(H,17,18)(H2,15,16,19). The summed E-state index contributed by atoms with van der Waals surface area (Å²) in [5.74, 6) is -0.397. The highest BCUT2D eigenvalue weighted by Gasteiger charge is 2.17. The van der Waals surface area contributed by atoms with Crippen LogP contribution in [0.4, 0.5) is 4.79 Å². The predicted molar refractivity (Wildman–Crippen MR) is 73.9 cm³/mol. The van der Waals surface area contributed by atoms with E-state index in [1.54, 1.807) is 0 Å². The van der Waals surface area contributed by atoms with Crippen molar-refractivity contribution in [1.29, 1.82) is 0 Å². The lowest BCUT2D eigenvalue weighted by atomic mass is 9.94. The summed E-state index contributed by atoms with van der Waals surface area (Å²) in [6.07, 6.45) is 6.75. The highest BCUT2D eigenvalue weighted by Crippen LogP contribution is 2.15. The number of nitrogens with one attached hydrogen (secondary N) is 2. The minimum absolute atomic E-state index is 0.00930. The smallest absolute Gasteiger partial charge is 0.315 e. The molecule has 5 heteroatoms. The Morgan fingerprint density at radius 1 is 1.32 bits per heavy atom. The number of carboxylic acid groups (broad SMARTS) is 1. The molecule has 0 aromatic carbocycles. The van der Waals surface area contributed by atoms with Crippen LogP contribution in [-0.2, 0) is 4.79 Å². The molecule has 0 bridgehead atoms.